The van der Waals surface area contributed by atoms with E-state index in [9.17, 15) is 8.42 Å². The summed E-state index contributed by atoms with van der Waals surface area (Å²) in [4.78, 5) is 4.09. The molecule has 0 aliphatic rings. The number of pyridine rings is 1. The van der Waals surface area contributed by atoms with Gasteiger partial charge < -0.3 is 4.52 Å². The van der Waals surface area contributed by atoms with Gasteiger partial charge in [0.2, 0.25) is 10.0 Å². The second-order valence-corrected chi connectivity index (χ2v) is 6.28. The number of sulfonamides is 1. The molecule has 2 N–H and O–H groups in total. The molecule has 7 heteroatoms. The zero-order valence-electron chi connectivity index (χ0n) is 11.7. The van der Waals surface area contributed by atoms with E-state index in [-0.39, 0.29) is 4.90 Å². The van der Waals surface area contributed by atoms with E-state index in [4.69, 9.17) is 9.66 Å². The van der Waals surface area contributed by atoms with Crippen molar-refractivity contribution in [2.75, 3.05) is 0 Å². The van der Waals surface area contributed by atoms with Crippen LogP contribution < -0.4 is 5.14 Å². The van der Waals surface area contributed by atoms with Gasteiger partial charge in [-0.25, -0.2) is 13.6 Å². The van der Waals surface area contributed by atoms with Crippen LogP contribution >= 0.6 is 0 Å². The molecular formula is C15H13N3O3S. The molecule has 0 bridgehead atoms. The second-order valence-electron chi connectivity index (χ2n) is 4.75. The fourth-order valence-corrected chi connectivity index (χ4v) is 3.06. The van der Waals surface area contributed by atoms with Crippen LogP contribution in [0.1, 0.15) is 5.76 Å². The van der Waals surface area contributed by atoms with E-state index in [0.29, 0.717) is 22.6 Å². The highest BCUT2D eigenvalue weighted by Gasteiger charge is 2.22. The van der Waals surface area contributed by atoms with Gasteiger partial charge in [-0.05, 0) is 25.1 Å². The molecule has 3 rings (SSSR count). The first-order valence-corrected chi connectivity index (χ1v) is 8.02. The SMILES string of the molecule is Cc1onc(-c2cccnc2)c1-c1ccccc1S(N)(=O)=O. The molecule has 0 radical (unpaired) electrons. The fourth-order valence-electron chi connectivity index (χ4n) is 2.31. The monoisotopic (exact) mass is 315 g/mol. The van der Waals surface area contributed by atoms with Crippen molar-refractivity contribution in [1.82, 2.24) is 10.1 Å². The van der Waals surface area contributed by atoms with Gasteiger partial charge in [-0.3, -0.25) is 4.98 Å². The van der Waals surface area contributed by atoms with E-state index in [1.165, 1.54) is 6.07 Å². The highest BCUT2D eigenvalue weighted by molar-refractivity contribution is 7.89. The summed E-state index contributed by atoms with van der Waals surface area (Å²) < 4.78 is 28.9. The maximum absolute atomic E-state index is 11.8. The zero-order chi connectivity index (χ0) is 15.7. The van der Waals surface area contributed by atoms with Crippen LogP contribution in [-0.4, -0.2) is 18.6 Å². The molecule has 0 fully saturated rings. The lowest BCUT2D eigenvalue weighted by Crippen LogP contribution is -2.13. The van der Waals surface area contributed by atoms with Gasteiger partial charge >= 0.3 is 0 Å². The molecular weight excluding hydrogens is 302 g/mol. The summed E-state index contributed by atoms with van der Waals surface area (Å²) >= 11 is 0. The van der Waals surface area contributed by atoms with Crippen LogP contribution in [0.15, 0.2) is 58.2 Å². The minimum absolute atomic E-state index is 0.0337. The standard InChI is InChI=1S/C15H13N3O3S/c1-10-14(12-6-2-3-7-13(12)22(16,19)20)15(18-21-10)11-5-4-8-17-9-11/h2-9H,1H3,(H2,16,19,20). The Bertz CT molecular complexity index is 918. The molecule has 0 atom stereocenters. The minimum Gasteiger partial charge on any atom is -0.360 e. The van der Waals surface area contributed by atoms with E-state index in [1.807, 2.05) is 6.07 Å². The average Bonchev–Trinajstić information content (AvgIpc) is 2.89. The molecule has 0 spiro atoms. The predicted molar refractivity (Wildman–Crippen MR) is 81.3 cm³/mol. The van der Waals surface area contributed by atoms with E-state index < -0.39 is 10.0 Å². The third kappa shape index (κ3) is 2.51. The lowest BCUT2D eigenvalue weighted by atomic mass is 10.0. The van der Waals surface area contributed by atoms with Gasteiger partial charge in [0.1, 0.15) is 11.5 Å². The topological polar surface area (TPSA) is 99.1 Å². The number of aromatic nitrogens is 2. The molecule has 0 aliphatic carbocycles. The molecule has 2 heterocycles. The minimum atomic E-state index is -3.86. The number of benzene rings is 1. The molecule has 22 heavy (non-hydrogen) atoms. The number of hydrogen-bond acceptors (Lipinski definition) is 5. The predicted octanol–water partition coefficient (Wildman–Crippen LogP) is 2.36. The lowest BCUT2D eigenvalue weighted by Gasteiger charge is -2.08. The Kier molecular flexibility index (Phi) is 3.51. The normalized spacial score (nSPS) is 11.5. The van der Waals surface area contributed by atoms with Gasteiger partial charge in [0.05, 0.1) is 10.5 Å². The van der Waals surface area contributed by atoms with Crippen molar-refractivity contribution in [3.8, 4) is 22.4 Å². The van der Waals surface area contributed by atoms with Gasteiger partial charge in [0.25, 0.3) is 0 Å². The Hall–Kier alpha value is -2.51. The van der Waals surface area contributed by atoms with Crippen LogP contribution in [0.4, 0.5) is 0 Å². The molecule has 2 aromatic heterocycles. The largest absolute Gasteiger partial charge is 0.360 e. The summed E-state index contributed by atoms with van der Waals surface area (Å²) in [5.74, 6) is 0.509. The smallest absolute Gasteiger partial charge is 0.238 e. The van der Waals surface area contributed by atoms with E-state index in [1.54, 1.807) is 43.6 Å². The van der Waals surface area contributed by atoms with Gasteiger partial charge in [-0.2, -0.15) is 0 Å². The maximum Gasteiger partial charge on any atom is 0.238 e. The van der Waals surface area contributed by atoms with Crippen molar-refractivity contribution in [1.29, 1.82) is 0 Å². The molecule has 6 nitrogen and oxygen atoms in total. The first-order chi connectivity index (χ1) is 10.5. The number of rotatable bonds is 3. The van der Waals surface area contributed by atoms with Crippen molar-refractivity contribution in [2.24, 2.45) is 5.14 Å². The number of aryl methyl sites for hydroxylation is 1. The number of nitrogens with zero attached hydrogens (tertiary/aromatic N) is 2. The van der Waals surface area contributed by atoms with Gasteiger partial charge in [-0.15, -0.1) is 0 Å². The summed E-state index contributed by atoms with van der Waals surface area (Å²) in [5, 5.41) is 9.35. The van der Waals surface area contributed by atoms with Crippen molar-refractivity contribution in [2.45, 2.75) is 11.8 Å². The van der Waals surface area contributed by atoms with Gasteiger partial charge in [0, 0.05) is 23.5 Å². The average molecular weight is 315 g/mol. The summed E-state index contributed by atoms with van der Waals surface area (Å²) in [7, 11) is -3.86. The van der Waals surface area contributed by atoms with Crippen LogP contribution in [0.25, 0.3) is 22.4 Å². The van der Waals surface area contributed by atoms with Crippen LogP contribution in [0.2, 0.25) is 0 Å². The molecule has 0 saturated carbocycles. The van der Waals surface area contributed by atoms with Crippen LogP contribution in [0, 0.1) is 6.92 Å². The molecule has 3 aromatic rings. The summed E-state index contributed by atoms with van der Waals surface area (Å²) in [6, 6.07) is 10.1. The third-order valence-corrected chi connectivity index (χ3v) is 4.23. The van der Waals surface area contributed by atoms with Gasteiger partial charge in [0.15, 0.2) is 0 Å². The summed E-state index contributed by atoms with van der Waals surface area (Å²) in [6.07, 6.45) is 3.29. The van der Waals surface area contributed by atoms with Crippen molar-refractivity contribution in [3.63, 3.8) is 0 Å². The Morgan fingerprint density at radius 3 is 2.59 bits per heavy atom. The highest BCUT2D eigenvalue weighted by Crippen LogP contribution is 2.36. The molecule has 0 aliphatic heterocycles. The molecule has 1 aromatic carbocycles. The summed E-state index contributed by atoms with van der Waals surface area (Å²) in [5.41, 5.74) is 2.32. The van der Waals surface area contributed by atoms with Crippen molar-refractivity contribution < 1.29 is 12.9 Å². The zero-order valence-corrected chi connectivity index (χ0v) is 12.5. The molecule has 0 amide bonds. The quantitative estimate of drug-likeness (QED) is 0.800. The first kappa shape index (κ1) is 14.4. The number of nitrogens with two attached hydrogens (primary N) is 1. The van der Waals surface area contributed by atoms with Gasteiger partial charge in [-0.1, -0.05) is 23.4 Å². The molecule has 0 saturated heterocycles. The Morgan fingerprint density at radius 2 is 1.91 bits per heavy atom. The Balaban J connectivity index is 2.30. The second kappa shape index (κ2) is 5.36. The molecule has 112 valence electrons. The van der Waals surface area contributed by atoms with Crippen molar-refractivity contribution >= 4 is 10.0 Å². The van der Waals surface area contributed by atoms with Crippen molar-refractivity contribution in [3.05, 3.63) is 54.6 Å². The number of hydrogen-bond donors (Lipinski definition) is 1. The first-order valence-electron chi connectivity index (χ1n) is 6.47. The number of primary sulfonamides is 1. The van der Waals surface area contributed by atoms with Crippen LogP contribution in [-0.2, 0) is 10.0 Å². The van der Waals surface area contributed by atoms with Crippen LogP contribution in [0.5, 0.6) is 0 Å². The highest BCUT2D eigenvalue weighted by atomic mass is 32.2. The fraction of sp³-hybridized carbons (Fsp3) is 0.0667. The lowest BCUT2D eigenvalue weighted by molar-refractivity contribution is 0.400. The maximum atomic E-state index is 11.8. The Morgan fingerprint density at radius 1 is 1.14 bits per heavy atom. The Labute approximate surface area is 127 Å². The van der Waals surface area contributed by atoms with E-state index in [2.05, 4.69) is 10.1 Å². The summed E-state index contributed by atoms with van der Waals surface area (Å²) in [6.45, 7) is 1.72. The van der Waals surface area contributed by atoms with Crippen LogP contribution in [0.3, 0.4) is 0 Å². The van der Waals surface area contributed by atoms with E-state index in [0.717, 1.165) is 5.56 Å². The third-order valence-electron chi connectivity index (χ3n) is 3.26. The van der Waals surface area contributed by atoms with E-state index >= 15 is 0 Å². The molecule has 0 unspecified atom stereocenters.